The van der Waals surface area contributed by atoms with Crippen molar-refractivity contribution in [3.05, 3.63) is 93.9 Å². The van der Waals surface area contributed by atoms with Crippen molar-refractivity contribution in [3.63, 3.8) is 0 Å². The molecular weight excluding hydrogens is 494 g/mol. The van der Waals surface area contributed by atoms with Gasteiger partial charge in [-0.2, -0.15) is 0 Å². The van der Waals surface area contributed by atoms with Crippen molar-refractivity contribution in [1.82, 2.24) is 14.5 Å². The number of H-pyrrole nitrogens is 1. The molecule has 3 aromatic carbocycles. The van der Waals surface area contributed by atoms with Crippen LogP contribution in [0.3, 0.4) is 0 Å². The van der Waals surface area contributed by atoms with Gasteiger partial charge in [-0.1, -0.05) is 42.5 Å². The molecule has 0 radical (unpaired) electrons. The second-order valence-electron chi connectivity index (χ2n) is 9.56. The molecule has 4 N–H and O–H groups in total. The van der Waals surface area contributed by atoms with Gasteiger partial charge < -0.3 is 25.3 Å². The highest BCUT2D eigenvalue weighted by atomic mass is 16.4. The Morgan fingerprint density at radius 2 is 1.74 bits per heavy atom. The number of para-hydroxylation sites is 1. The molecule has 0 bridgehead atoms. The molecule has 0 saturated carbocycles. The number of amides is 1. The molecular formula is C30H29N5O4. The van der Waals surface area contributed by atoms with Crippen LogP contribution in [0, 0.1) is 0 Å². The van der Waals surface area contributed by atoms with E-state index in [0.717, 1.165) is 57.7 Å². The van der Waals surface area contributed by atoms with E-state index in [1.807, 2.05) is 48.7 Å². The molecule has 6 rings (SSSR count). The molecule has 0 atom stereocenters. The number of carbonyl (C=O) groups is 2. The Morgan fingerprint density at radius 3 is 2.44 bits per heavy atom. The summed E-state index contributed by atoms with van der Waals surface area (Å²) in [5, 5.41) is 8.40. The zero-order valence-electron chi connectivity index (χ0n) is 21.8. The third kappa shape index (κ3) is 5.17. The summed E-state index contributed by atoms with van der Waals surface area (Å²) < 4.78 is 2.15. The molecule has 0 unspecified atom stereocenters. The normalized spacial score (nSPS) is 12.3. The first kappa shape index (κ1) is 25.9. The lowest BCUT2D eigenvalue weighted by Crippen LogP contribution is -2.25. The van der Waals surface area contributed by atoms with Gasteiger partial charge >= 0.3 is 0 Å². The molecule has 1 amide bonds. The molecule has 1 aliphatic heterocycles. The van der Waals surface area contributed by atoms with Gasteiger partial charge in [0.25, 0.3) is 11.5 Å². The SMILES string of the molecule is CC(=O)N1CCc2cc3nc(-c4cn(Cc5ccc(CN)cc5)c5ccccc45)c(=O)[nH]c3cc21.CC(=O)O. The van der Waals surface area contributed by atoms with E-state index in [4.69, 9.17) is 20.6 Å². The minimum absolute atomic E-state index is 0.000466. The average molecular weight is 524 g/mol. The molecule has 198 valence electrons. The maximum Gasteiger partial charge on any atom is 0.300 e. The van der Waals surface area contributed by atoms with Gasteiger partial charge in [-0.05, 0) is 41.3 Å². The maximum atomic E-state index is 13.2. The van der Waals surface area contributed by atoms with Crippen LogP contribution in [0.1, 0.15) is 30.5 Å². The van der Waals surface area contributed by atoms with E-state index < -0.39 is 5.97 Å². The number of carbonyl (C=O) groups excluding carboxylic acids is 1. The largest absolute Gasteiger partial charge is 0.481 e. The Morgan fingerprint density at radius 1 is 1.05 bits per heavy atom. The first-order chi connectivity index (χ1) is 18.7. The van der Waals surface area contributed by atoms with Gasteiger partial charge in [-0.15, -0.1) is 0 Å². The maximum absolute atomic E-state index is 13.2. The fraction of sp³-hybridized carbons (Fsp3) is 0.200. The first-order valence-corrected chi connectivity index (χ1v) is 12.7. The molecule has 9 heteroatoms. The zero-order valence-corrected chi connectivity index (χ0v) is 21.8. The lowest BCUT2D eigenvalue weighted by atomic mass is 10.1. The van der Waals surface area contributed by atoms with Crippen molar-refractivity contribution in [1.29, 1.82) is 0 Å². The minimum atomic E-state index is -0.833. The number of aromatic amines is 1. The molecule has 39 heavy (non-hydrogen) atoms. The standard InChI is InChI=1S/C28H25N5O2.C2H4O2/c1-17(34)33-11-10-20-12-23-24(13-26(20)33)31-28(35)27(30-23)22-16-32(25-5-3-2-4-21(22)25)15-19-8-6-18(14-29)7-9-19;1-2(3)4/h2-9,12-13,16H,10-11,14-15,29H2,1H3,(H,31,35);1H3,(H,3,4). The molecule has 3 heterocycles. The number of rotatable bonds is 4. The van der Waals surface area contributed by atoms with Crippen molar-refractivity contribution < 1.29 is 14.7 Å². The molecule has 2 aromatic heterocycles. The number of carboxylic acid groups (broad SMARTS) is 1. The van der Waals surface area contributed by atoms with Crippen LogP contribution in [0.5, 0.6) is 0 Å². The number of nitrogens with one attached hydrogen (secondary N) is 1. The van der Waals surface area contributed by atoms with Crippen molar-refractivity contribution >= 4 is 39.5 Å². The topological polar surface area (TPSA) is 134 Å². The number of nitrogens with two attached hydrogens (primary N) is 1. The molecule has 0 fully saturated rings. The van der Waals surface area contributed by atoms with Crippen LogP contribution in [0.4, 0.5) is 5.69 Å². The van der Waals surface area contributed by atoms with Crippen LogP contribution in [-0.2, 0) is 29.1 Å². The average Bonchev–Trinajstić information content (AvgIpc) is 3.48. The molecule has 0 aliphatic carbocycles. The summed E-state index contributed by atoms with van der Waals surface area (Å²) in [7, 11) is 0. The van der Waals surface area contributed by atoms with E-state index >= 15 is 0 Å². The van der Waals surface area contributed by atoms with E-state index in [0.29, 0.717) is 30.8 Å². The Labute approximate surface area is 224 Å². The van der Waals surface area contributed by atoms with Gasteiger partial charge in [-0.3, -0.25) is 14.4 Å². The fourth-order valence-electron chi connectivity index (χ4n) is 5.02. The fourth-order valence-corrected chi connectivity index (χ4v) is 5.02. The second-order valence-corrected chi connectivity index (χ2v) is 9.56. The Bertz CT molecular complexity index is 1760. The molecule has 0 spiro atoms. The summed E-state index contributed by atoms with van der Waals surface area (Å²) in [5.41, 5.74) is 13.2. The van der Waals surface area contributed by atoms with Crippen LogP contribution in [0.2, 0.25) is 0 Å². The number of fused-ring (bicyclic) bond motifs is 3. The van der Waals surface area contributed by atoms with E-state index in [9.17, 15) is 9.59 Å². The lowest BCUT2D eigenvalue weighted by molar-refractivity contribution is -0.134. The molecule has 5 aromatic rings. The lowest BCUT2D eigenvalue weighted by Gasteiger charge is -2.15. The number of hydrogen-bond donors (Lipinski definition) is 3. The smallest absolute Gasteiger partial charge is 0.300 e. The third-order valence-corrected chi connectivity index (χ3v) is 6.82. The quantitative estimate of drug-likeness (QED) is 0.325. The van der Waals surface area contributed by atoms with E-state index in [1.165, 1.54) is 0 Å². The minimum Gasteiger partial charge on any atom is -0.481 e. The summed E-state index contributed by atoms with van der Waals surface area (Å²) in [6.45, 7) is 4.48. The van der Waals surface area contributed by atoms with Crippen LogP contribution >= 0.6 is 0 Å². The number of hydrogen-bond acceptors (Lipinski definition) is 5. The van der Waals surface area contributed by atoms with E-state index in [1.54, 1.807) is 11.8 Å². The van der Waals surface area contributed by atoms with Crippen LogP contribution in [0.15, 0.2) is 71.7 Å². The predicted octanol–water partition coefficient (Wildman–Crippen LogP) is 4.05. The summed E-state index contributed by atoms with van der Waals surface area (Å²) in [4.78, 5) is 43.7. The van der Waals surface area contributed by atoms with Gasteiger partial charge in [0.15, 0.2) is 0 Å². The number of anilines is 1. The monoisotopic (exact) mass is 523 g/mol. The molecule has 0 saturated heterocycles. The summed E-state index contributed by atoms with van der Waals surface area (Å²) in [5.74, 6) is -0.833. The highest BCUT2D eigenvalue weighted by Crippen LogP contribution is 2.33. The van der Waals surface area contributed by atoms with Gasteiger partial charge in [0, 0.05) is 61.8 Å². The van der Waals surface area contributed by atoms with Crippen molar-refractivity contribution in [3.8, 4) is 11.3 Å². The first-order valence-electron chi connectivity index (χ1n) is 12.7. The highest BCUT2D eigenvalue weighted by Gasteiger charge is 2.24. The van der Waals surface area contributed by atoms with Gasteiger partial charge in [0.05, 0.1) is 11.0 Å². The Balaban J connectivity index is 0.000000723. The van der Waals surface area contributed by atoms with Crippen molar-refractivity contribution in [2.75, 3.05) is 11.4 Å². The number of carboxylic acids is 1. The number of nitrogens with zero attached hydrogens (tertiary/aromatic N) is 3. The van der Waals surface area contributed by atoms with Crippen molar-refractivity contribution in [2.45, 2.75) is 33.4 Å². The van der Waals surface area contributed by atoms with Gasteiger partial charge in [0.2, 0.25) is 5.91 Å². The highest BCUT2D eigenvalue weighted by molar-refractivity contribution is 5.98. The third-order valence-electron chi connectivity index (χ3n) is 6.82. The zero-order chi connectivity index (χ0) is 27.7. The number of aromatic nitrogens is 3. The summed E-state index contributed by atoms with van der Waals surface area (Å²) in [6, 6.07) is 20.2. The second kappa shape index (κ2) is 10.5. The molecule has 9 nitrogen and oxygen atoms in total. The van der Waals surface area contributed by atoms with Gasteiger partial charge in [0.1, 0.15) is 5.69 Å². The summed E-state index contributed by atoms with van der Waals surface area (Å²) >= 11 is 0. The van der Waals surface area contributed by atoms with Crippen LogP contribution in [-0.4, -0.2) is 38.1 Å². The van der Waals surface area contributed by atoms with E-state index in [2.05, 4.69) is 27.8 Å². The number of aliphatic carboxylic acids is 1. The van der Waals surface area contributed by atoms with Crippen molar-refractivity contribution in [2.24, 2.45) is 5.73 Å². The number of benzene rings is 3. The van der Waals surface area contributed by atoms with Crippen LogP contribution < -0.4 is 16.2 Å². The van der Waals surface area contributed by atoms with Crippen LogP contribution in [0.25, 0.3) is 33.2 Å². The van der Waals surface area contributed by atoms with E-state index in [-0.39, 0.29) is 11.5 Å². The predicted molar refractivity (Wildman–Crippen MR) is 152 cm³/mol. The Kier molecular flexibility index (Phi) is 7.00. The Hall–Kier alpha value is -4.76. The van der Waals surface area contributed by atoms with Gasteiger partial charge in [-0.25, -0.2) is 4.98 Å². The summed E-state index contributed by atoms with van der Waals surface area (Å²) in [6.07, 6.45) is 2.79. The molecule has 1 aliphatic rings.